The van der Waals surface area contributed by atoms with Crippen LogP contribution >= 0.6 is 11.8 Å². The molecule has 1 aromatic carbocycles. The van der Waals surface area contributed by atoms with Crippen LogP contribution in [0.1, 0.15) is 10.4 Å². The summed E-state index contributed by atoms with van der Waals surface area (Å²) in [4.78, 5) is 20.5. The number of aromatic nitrogens is 3. The lowest BCUT2D eigenvalue weighted by atomic mass is 10.2. The predicted molar refractivity (Wildman–Crippen MR) is 87.2 cm³/mol. The molecule has 5 nitrogen and oxygen atoms in total. The minimum atomic E-state index is -4.37. The van der Waals surface area contributed by atoms with Crippen molar-refractivity contribution in [3.63, 3.8) is 0 Å². The highest BCUT2D eigenvalue weighted by molar-refractivity contribution is 8.00. The summed E-state index contributed by atoms with van der Waals surface area (Å²) in [6.07, 6.45) is 1.51. The summed E-state index contributed by atoms with van der Waals surface area (Å²) in [7, 11) is 2.96. The average Bonchev–Trinajstić information content (AvgIpc) is 2.89. The molecule has 0 aliphatic rings. The fourth-order valence-corrected chi connectivity index (χ4v) is 3.02. The molecule has 0 fully saturated rings. The summed E-state index contributed by atoms with van der Waals surface area (Å²) in [5, 5.41) is 0. The van der Waals surface area contributed by atoms with Crippen molar-refractivity contribution in [1.82, 2.24) is 14.5 Å². The number of benzene rings is 1. The summed E-state index contributed by atoms with van der Waals surface area (Å²) in [5.74, 6) is -0.200. The van der Waals surface area contributed by atoms with E-state index >= 15 is 0 Å². The molecule has 3 aromatic rings. The Morgan fingerprint density at radius 1 is 1.28 bits per heavy atom. The fourth-order valence-electron chi connectivity index (χ4n) is 2.45. The van der Waals surface area contributed by atoms with Gasteiger partial charge in [0.2, 0.25) is 0 Å². The quantitative estimate of drug-likeness (QED) is 0.517. The van der Waals surface area contributed by atoms with Gasteiger partial charge in [-0.25, -0.2) is 9.78 Å². The topological polar surface area (TPSA) is 57.0 Å². The molecule has 2 heterocycles. The number of rotatable bonds is 3. The minimum Gasteiger partial charge on any atom is -0.465 e. The first-order chi connectivity index (χ1) is 11.8. The Kier molecular flexibility index (Phi) is 4.42. The third-order valence-electron chi connectivity index (χ3n) is 3.51. The number of imidazole rings is 1. The predicted octanol–water partition coefficient (Wildman–Crippen LogP) is 4.03. The molecule has 0 spiro atoms. The van der Waals surface area contributed by atoms with E-state index in [-0.39, 0.29) is 22.2 Å². The van der Waals surface area contributed by atoms with Gasteiger partial charge in [-0.05, 0) is 42.1 Å². The molecule has 25 heavy (non-hydrogen) atoms. The van der Waals surface area contributed by atoms with Crippen molar-refractivity contribution in [2.24, 2.45) is 7.05 Å². The minimum absolute atomic E-state index is 0.0406. The Bertz CT molecular complexity index is 953. The molecule has 0 bridgehead atoms. The van der Waals surface area contributed by atoms with Crippen LogP contribution in [-0.4, -0.2) is 33.1 Å². The van der Waals surface area contributed by atoms with Gasteiger partial charge in [-0.2, -0.15) is 13.2 Å². The molecule has 0 saturated carbocycles. The molecule has 0 N–H and O–H groups in total. The summed E-state index contributed by atoms with van der Waals surface area (Å²) in [6.45, 7) is 0. The number of pyridine rings is 1. The largest absolute Gasteiger partial charge is 0.465 e. The second-order valence-corrected chi connectivity index (χ2v) is 6.22. The van der Waals surface area contributed by atoms with E-state index < -0.39 is 11.5 Å². The van der Waals surface area contributed by atoms with Crippen molar-refractivity contribution in [2.75, 3.05) is 7.11 Å². The number of fused-ring (bicyclic) bond motifs is 1. The number of methoxy groups -OCH3 is 1. The van der Waals surface area contributed by atoms with Crippen LogP contribution in [0.15, 0.2) is 41.4 Å². The van der Waals surface area contributed by atoms with E-state index in [1.165, 1.54) is 25.4 Å². The van der Waals surface area contributed by atoms with E-state index in [0.717, 1.165) is 0 Å². The van der Waals surface area contributed by atoms with E-state index in [4.69, 9.17) is 4.74 Å². The van der Waals surface area contributed by atoms with Crippen LogP contribution in [0.2, 0.25) is 0 Å². The van der Waals surface area contributed by atoms with Gasteiger partial charge in [-0.3, -0.25) is 4.98 Å². The molecule has 0 radical (unpaired) electrons. The van der Waals surface area contributed by atoms with Gasteiger partial charge in [0.15, 0.2) is 5.82 Å². The second-order valence-electron chi connectivity index (χ2n) is 5.08. The molecule has 0 aliphatic heterocycles. The van der Waals surface area contributed by atoms with Gasteiger partial charge in [0.1, 0.15) is 5.69 Å². The molecular formula is C16H12F3N3O2S. The zero-order chi connectivity index (χ0) is 18.2. The van der Waals surface area contributed by atoms with Gasteiger partial charge >= 0.3 is 11.5 Å². The number of hydrogen-bond donors (Lipinski definition) is 0. The highest BCUT2D eigenvalue weighted by Crippen LogP contribution is 2.38. The van der Waals surface area contributed by atoms with Crippen molar-refractivity contribution in [3.05, 3.63) is 42.1 Å². The zero-order valence-corrected chi connectivity index (χ0v) is 14.0. The van der Waals surface area contributed by atoms with Gasteiger partial charge in [0.05, 0.1) is 23.7 Å². The van der Waals surface area contributed by atoms with Crippen LogP contribution in [0.4, 0.5) is 13.2 Å². The van der Waals surface area contributed by atoms with E-state index in [2.05, 4.69) is 9.97 Å². The smallest absolute Gasteiger partial charge is 0.446 e. The maximum absolute atomic E-state index is 12.5. The number of halogens is 3. The molecular weight excluding hydrogens is 355 g/mol. The standard InChI is InChI=1S/C16H12F3N3O2S/c1-22-12-6-5-9(25-16(17,18)19)8-11(12)21-14(22)13-10(15(23)24-2)4-3-7-20-13/h3-8H,1-2H3. The Morgan fingerprint density at radius 3 is 2.72 bits per heavy atom. The molecule has 0 saturated heterocycles. The van der Waals surface area contributed by atoms with Crippen LogP contribution in [0.5, 0.6) is 0 Å². The Balaban J connectivity index is 2.13. The number of esters is 1. The number of carbonyl (C=O) groups excluding carboxylic acids is 1. The zero-order valence-electron chi connectivity index (χ0n) is 13.2. The second kappa shape index (κ2) is 6.40. The molecule has 3 rings (SSSR count). The van der Waals surface area contributed by atoms with Gasteiger partial charge < -0.3 is 9.30 Å². The molecule has 0 unspecified atom stereocenters. The van der Waals surface area contributed by atoms with Crippen molar-refractivity contribution in [1.29, 1.82) is 0 Å². The summed E-state index contributed by atoms with van der Waals surface area (Å²) >= 11 is -0.201. The Hall–Kier alpha value is -2.55. The Labute approximate surface area is 144 Å². The van der Waals surface area contributed by atoms with Gasteiger partial charge in [-0.1, -0.05) is 0 Å². The highest BCUT2D eigenvalue weighted by Gasteiger charge is 2.29. The maximum atomic E-state index is 12.5. The SMILES string of the molecule is COC(=O)c1cccnc1-c1nc2cc(SC(F)(F)F)ccc2n1C. The number of thioether (sulfide) groups is 1. The highest BCUT2D eigenvalue weighted by atomic mass is 32.2. The molecule has 0 atom stereocenters. The lowest BCUT2D eigenvalue weighted by Gasteiger charge is -2.07. The lowest BCUT2D eigenvalue weighted by Crippen LogP contribution is -2.07. The van der Waals surface area contributed by atoms with Gasteiger partial charge in [0, 0.05) is 18.1 Å². The maximum Gasteiger partial charge on any atom is 0.446 e. The van der Waals surface area contributed by atoms with E-state index in [9.17, 15) is 18.0 Å². The van der Waals surface area contributed by atoms with Crippen LogP contribution in [0.3, 0.4) is 0 Å². The third-order valence-corrected chi connectivity index (χ3v) is 4.23. The van der Waals surface area contributed by atoms with E-state index in [1.54, 1.807) is 29.8 Å². The molecule has 2 aromatic heterocycles. The van der Waals surface area contributed by atoms with Crippen molar-refractivity contribution < 1.29 is 22.7 Å². The summed E-state index contributed by atoms with van der Waals surface area (Å²) in [5.41, 5.74) is -2.83. The molecule has 0 aliphatic carbocycles. The van der Waals surface area contributed by atoms with Gasteiger partial charge in [0.25, 0.3) is 0 Å². The number of hydrogen-bond acceptors (Lipinski definition) is 5. The first-order valence-corrected chi connectivity index (χ1v) is 7.88. The van der Waals surface area contributed by atoms with Crippen molar-refractivity contribution >= 4 is 28.8 Å². The first kappa shape index (κ1) is 17.3. The molecule has 0 amide bonds. The van der Waals surface area contributed by atoms with Crippen LogP contribution in [0.25, 0.3) is 22.6 Å². The normalized spacial score (nSPS) is 11.7. The number of alkyl halides is 3. The number of ether oxygens (including phenoxy) is 1. The van der Waals surface area contributed by atoms with E-state index in [1.807, 2.05) is 0 Å². The summed E-state index contributed by atoms with van der Waals surface area (Å²) in [6, 6.07) is 7.44. The monoisotopic (exact) mass is 367 g/mol. The fraction of sp³-hybridized carbons (Fsp3) is 0.188. The van der Waals surface area contributed by atoms with Crippen LogP contribution in [0, 0.1) is 0 Å². The third kappa shape index (κ3) is 3.46. The first-order valence-electron chi connectivity index (χ1n) is 7.06. The van der Waals surface area contributed by atoms with Crippen molar-refractivity contribution in [2.45, 2.75) is 10.4 Å². The number of carbonyl (C=O) groups is 1. The average molecular weight is 367 g/mol. The number of nitrogens with zero attached hydrogens (tertiary/aromatic N) is 3. The van der Waals surface area contributed by atoms with Crippen molar-refractivity contribution in [3.8, 4) is 11.5 Å². The lowest BCUT2D eigenvalue weighted by molar-refractivity contribution is -0.0328. The number of aryl methyl sites for hydroxylation is 1. The van der Waals surface area contributed by atoms with E-state index in [0.29, 0.717) is 22.6 Å². The van der Waals surface area contributed by atoms with Gasteiger partial charge in [-0.15, -0.1) is 0 Å². The van der Waals surface area contributed by atoms with Crippen LogP contribution in [-0.2, 0) is 11.8 Å². The molecule has 130 valence electrons. The van der Waals surface area contributed by atoms with Crippen LogP contribution < -0.4 is 0 Å². The summed E-state index contributed by atoms with van der Waals surface area (Å²) < 4.78 is 44.1. The molecule has 9 heteroatoms. The Morgan fingerprint density at radius 2 is 2.04 bits per heavy atom.